The van der Waals surface area contributed by atoms with Crippen LogP contribution in [0.5, 0.6) is 0 Å². The fraction of sp³-hybridized carbons (Fsp3) is 0.125. The predicted octanol–water partition coefficient (Wildman–Crippen LogP) is 3.86. The lowest BCUT2D eigenvalue weighted by molar-refractivity contribution is -0.119. The first-order chi connectivity index (χ1) is 10.6. The highest BCUT2D eigenvalue weighted by molar-refractivity contribution is 6.31. The van der Waals surface area contributed by atoms with Crippen LogP contribution in [0.2, 0.25) is 10.0 Å². The molecule has 0 aromatic heterocycles. The van der Waals surface area contributed by atoms with Crippen LogP contribution < -0.4 is 10.7 Å². The summed E-state index contributed by atoms with van der Waals surface area (Å²) < 4.78 is 0. The molecule has 0 fully saturated rings. The SMILES string of the molecule is Cc1c(Cl)cccc1NCC(=O)N/N=C/c1ccc(Cl)cc1. The monoisotopic (exact) mass is 335 g/mol. The second-order valence-corrected chi connectivity index (χ2v) is 5.45. The van der Waals surface area contributed by atoms with E-state index in [4.69, 9.17) is 23.2 Å². The molecule has 0 aliphatic carbocycles. The third-order valence-electron chi connectivity index (χ3n) is 2.98. The summed E-state index contributed by atoms with van der Waals surface area (Å²) in [6.45, 7) is 2.00. The first-order valence-corrected chi connectivity index (χ1v) is 7.38. The summed E-state index contributed by atoms with van der Waals surface area (Å²) in [5.74, 6) is -0.246. The number of halogens is 2. The molecule has 0 heterocycles. The largest absolute Gasteiger partial charge is 0.376 e. The van der Waals surface area contributed by atoms with Crippen LogP contribution in [0.25, 0.3) is 0 Å². The summed E-state index contributed by atoms with van der Waals surface area (Å²) in [5.41, 5.74) is 5.03. The topological polar surface area (TPSA) is 53.5 Å². The van der Waals surface area contributed by atoms with E-state index in [9.17, 15) is 4.79 Å². The zero-order chi connectivity index (χ0) is 15.9. The average Bonchev–Trinajstić information content (AvgIpc) is 2.51. The van der Waals surface area contributed by atoms with Gasteiger partial charge in [-0.3, -0.25) is 4.79 Å². The third-order valence-corrected chi connectivity index (χ3v) is 3.64. The maximum absolute atomic E-state index is 11.7. The Morgan fingerprint density at radius 3 is 2.64 bits per heavy atom. The van der Waals surface area contributed by atoms with E-state index in [2.05, 4.69) is 15.8 Å². The lowest BCUT2D eigenvalue weighted by atomic mass is 10.2. The third kappa shape index (κ3) is 4.76. The molecular formula is C16H15Cl2N3O. The zero-order valence-electron chi connectivity index (χ0n) is 11.9. The van der Waals surface area contributed by atoms with Crippen LogP contribution in [0.3, 0.4) is 0 Å². The number of anilines is 1. The van der Waals surface area contributed by atoms with Crippen LogP contribution in [-0.4, -0.2) is 18.7 Å². The van der Waals surface area contributed by atoms with Crippen molar-refractivity contribution in [3.63, 3.8) is 0 Å². The first-order valence-electron chi connectivity index (χ1n) is 6.63. The van der Waals surface area contributed by atoms with E-state index in [1.54, 1.807) is 24.4 Å². The van der Waals surface area contributed by atoms with E-state index >= 15 is 0 Å². The zero-order valence-corrected chi connectivity index (χ0v) is 13.4. The molecule has 0 radical (unpaired) electrons. The predicted molar refractivity (Wildman–Crippen MR) is 91.9 cm³/mol. The van der Waals surface area contributed by atoms with Gasteiger partial charge in [-0.1, -0.05) is 41.4 Å². The van der Waals surface area contributed by atoms with Gasteiger partial charge in [-0.05, 0) is 42.3 Å². The van der Waals surface area contributed by atoms with Gasteiger partial charge in [0.2, 0.25) is 0 Å². The lowest BCUT2D eigenvalue weighted by Crippen LogP contribution is -2.26. The molecule has 22 heavy (non-hydrogen) atoms. The maximum Gasteiger partial charge on any atom is 0.259 e. The van der Waals surface area contributed by atoms with Crippen molar-refractivity contribution in [2.75, 3.05) is 11.9 Å². The second-order valence-electron chi connectivity index (χ2n) is 4.61. The van der Waals surface area contributed by atoms with Gasteiger partial charge in [-0.15, -0.1) is 0 Å². The van der Waals surface area contributed by atoms with Crippen molar-refractivity contribution in [2.45, 2.75) is 6.92 Å². The van der Waals surface area contributed by atoms with Crippen LogP contribution in [0.1, 0.15) is 11.1 Å². The summed E-state index contributed by atoms with van der Waals surface area (Å²) in [7, 11) is 0. The Labute approximate surface area is 139 Å². The van der Waals surface area contributed by atoms with E-state index in [0.717, 1.165) is 16.8 Å². The van der Waals surface area contributed by atoms with E-state index in [-0.39, 0.29) is 12.5 Å². The number of nitrogens with one attached hydrogen (secondary N) is 2. The highest BCUT2D eigenvalue weighted by Gasteiger charge is 2.04. The van der Waals surface area contributed by atoms with Gasteiger partial charge >= 0.3 is 0 Å². The normalized spacial score (nSPS) is 10.7. The molecule has 4 nitrogen and oxygen atoms in total. The minimum absolute atomic E-state index is 0.110. The van der Waals surface area contributed by atoms with Gasteiger partial charge in [-0.25, -0.2) is 5.43 Å². The molecule has 114 valence electrons. The molecule has 2 aromatic carbocycles. The highest BCUT2D eigenvalue weighted by Crippen LogP contribution is 2.22. The lowest BCUT2D eigenvalue weighted by Gasteiger charge is -2.09. The molecule has 0 bridgehead atoms. The Bertz CT molecular complexity index is 684. The Hall–Kier alpha value is -2.04. The number of benzene rings is 2. The van der Waals surface area contributed by atoms with Crippen molar-refractivity contribution in [2.24, 2.45) is 5.10 Å². The quantitative estimate of drug-likeness (QED) is 0.643. The molecule has 2 N–H and O–H groups in total. The molecule has 0 spiro atoms. The molecule has 0 saturated carbocycles. The number of rotatable bonds is 5. The fourth-order valence-corrected chi connectivity index (χ4v) is 2.04. The minimum atomic E-state index is -0.246. The molecule has 1 amide bonds. The summed E-state index contributed by atoms with van der Waals surface area (Å²) in [6, 6.07) is 12.6. The number of hydrogen-bond acceptors (Lipinski definition) is 3. The summed E-state index contributed by atoms with van der Waals surface area (Å²) in [6.07, 6.45) is 1.55. The van der Waals surface area contributed by atoms with E-state index in [1.165, 1.54) is 0 Å². The number of hydrazone groups is 1. The number of carbonyl (C=O) groups is 1. The average molecular weight is 336 g/mol. The van der Waals surface area contributed by atoms with E-state index in [0.29, 0.717) is 10.0 Å². The first kappa shape index (κ1) is 16.3. The summed E-state index contributed by atoms with van der Waals surface area (Å²) >= 11 is 11.8. The van der Waals surface area contributed by atoms with Crippen molar-refractivity contribution in [3.05, 3.63) is 63.6 Å². The molecular weight excluding hydrogens is 321 g/mol. The molecule has 0 unspecified atom stereocenters. The molecule has 0 atom stereocenters. The van der Waals surface area contributed by atoms with E-state index < -0.39 is 0 Å². The Balaban J connectivity index is 1.83. The number of carbonyl (C=O) groups excluding carboxylic acids is 1. The van der Waals surface area contributed by atoms with Crippen LogP contribution >= 0.6 is 23.2 Å². The summed E-state index contributed by atoms with van der Waals surface area (Å²) in [5, 5.41) is 8.22. The van der Waals surface area contributed by atoms with Gasteiger partial charge in [0, 0.05) is 15.7 Å². The molecule has 2 aromatic rings. The van der Waals surface area contributed by atoms with E-state index in [1.807, 2.05) is 31.2 Å². The standard InChI is InChI=1S/C16H15Cl2N3O/c1-11-14(18)3-2-4-15(11)19-10-16(22)21-20-9-12-5-7-13(17)8-6-12/h2-9,19H,10H2,1H3,(H,21,22)/b20-9+. The Morgan fingerprint density at radius 1 is 1.18 bits per heavy atom. The Kier molecular flexibility index (Phi) is 5.81. The van der Waals surface area contributed by atoms with Crippen LogP contribution in [0, 0.1) is 6.92 Å². The van der Waals surface area contributed by atoms with Gasteiger partial charge < -0.3 is 5.32 Å². The molecule has 0 aliphatic rings. The Morgan fingerprint density at radius 2 is 1.91 bits per heavy atom. The second kappa shape index (κ2) is 7.82. The minimum Gasteiger partial charge on any atom is -0.376 e. The molecule has 2 rings (SSSR count). The van der Waals surface area contributed by atoms with Crippen LogP contribution in [-0.2, 0) is 4.79 Å². The molecule has 6 heteroatoms. The van der Waals surface area contributed by atoms with Crippen molar-refractivity contribution in [3.8, 4) is 0 Å². The van der Waals surface area contributed by atoms with Crippen molar-refractivity contribution < 1.29 is 4.79 Å². The number of amides is 1. The molecule has 0 saturated heterocycles. The van der Waals surface area contributed by atoms with Gasteiger partial charge in [0.25, 0.3) is 5.91 Å². The van der Waals surface area contributed by atoms with Gasteiger partial charge in [0.05, 0.1) is 12.8 Å². The van der Waals surface area contributed by atoms with Gasteiger partial charge in [-0.2, -0.15) is 5.10 Å². The van der Waals surface area contributed by atoms with Crippen molar-refractivity contribution in [1.29, 1.82) is 0 Å². The van der Waals surface area contributed by atoms with Gasteiger partial charge in [0.1, 0.15) is 0 Å². The molecule has 0 aliphatic heterocycles. The van der Waals surface area contributed by atoms with Crippen molar-refractivity contribution in [1.82, 2.24) is 5.43 Å². The highest BCUT2D eigenvalue weighted by atomic mass is 35.5. The van der Waals surface area contributed by atoms with Crippen LogP contribution in [0.4, 0.5) is 5.69 Å². The smallest absolute Gasteiger partial charge is 0.259 e. The fourth-order valence-electron chi connectivity index (χ4n) is 1.74. The van der Waals surface area contributed by atoms with Crippen molar-refractivity contribution >= 4 is 41.0 Å². The van der Waals surface area contributed by atoms with Crippen LogP contribution in [0.15, 0.2) is 47.6 Å². The number of hydrogen-bond donors (Lipinski definition) is 2. The maximum atomic E-state index is 11.7. The summed E-state index contributed by atoms with van der Waals surface area (Å²) in [4.78, 5) is 11.7. The van der Waals surface area contributed by atoms with Gasteiger partial charge in [0.15, 0.2) is 0 Å². The number of nitrogens with zero attached hydrogens (tertiary/aromatic N) is 1.